The van der Waals surface area contributed by atoms with Crippen LogP contribution >= 0.6 is 0 Å². The first-order valence-corrected chi connectivity index (χ1v) is 5.51. The zero-order chi connectivity index (χ0) is 12.2. The number of hydrogen-bond acceptors (Lipinski definition) is 2. The minimum absolute atomic E-state index is 0.189. The molecule has 0 aliphatic carbocycles. The van der Waals surface area contributed by atoms with Crippen LogP contribution in [0, 0.1) is 0 Å². The molecule has 0 heterocycles. The molecule has 2 amide bonds. The summed E-state index contributed by atoms with van der Waals surface area (Å²) in [6.07, 6.45) is 5.26. The predicted octanol–water partition coefficient (Wildman–Crippen LogP) is 1.51. The summed E-state index contributed by atoms with van der Waals surface area (Å²) in [7, 11) is 0. The number of carboxylic acid groups (broad SMARTS) is 1. The molecule has 5 heteroatoms. The molecule has 0 unspecified atom stereocenters. The van der Waals surface area contributed by atoms with Gasteiger partial charge in [-0.15, -0.1) is 6.58 Å². The zero-order valence-electron chi connectivity index (χ0n) is 9.50. The van der Waals surface area contributed by atoms with Crippen LogP contribution in [-0.4, -0.2) is 30.2 Å². The minimum atomic E-state index is -0.748. The third kappa shape index (κ3) is 10.6. The molecule has 0 bridgehead atoms. The topological polar surface area (TPSA) is 78.4 Å². The number of urea groups is 1. The highest BCUT2D eigenvalue weighted by Crippen LogP contribution is 2.01. The SMILES string of the molecule is C=CCNC(=O)NCCCCCCC(=O)O. The van der Waals surface area contributed by atoms with Gasteiger partial charge in [-0.25, -0.2) is 4.79 Å². The molecule has 0 saturated carbocycles. The van der Waals surface area contributed by atoms with Gasteiger partial charge < -0.3 is 15.7 Å². The summed E-state index contributed by atoms with van der Waals surface area (Å²) >= 11 is 0. The molecule has 0 fully saturated rings. The number of amides is 2. The summed E-state index contributed by atoms with van der Waals surface area (Å²) in [5.74, 6) is -0.748. The fourth-order valence-electron chi connectivity index (χ4n) is 1.18. The van der Waals surface area contributed by atoms with Crippen molar-refractivity contribution in [2.75, 3.05) is 13.1 Å². The normalized spacial score (nSPS) is 9.50. The highest BCUT2D eigenvalue weighted by molar-refractivity contribution is 5.73. The van der Waals surface area contributed by atoms with E-state index in [1.165, 1.54) is 0 Å². The van der Waals surface area contributed by atoms with Crippen molar-refractivity contribution in [2.24, 2.45) is 0 Å². The van der Waals surface area contributed by atoms with Crippen LogP contribution < -0.4 is 10.6 Å². The van der Waals surface area contributed by atoms with E-state index >= 15 is 0 Å². The van der Waals surface area contributed by atoms with Gasteiger partial charge in [-0.05, 0) is 12.8 Å². The van der Waals surface area contributed by atoms with E-state index in [0.717, 1.165) is 19.3 Å². The van der Waals surface area contributed by atoms with Crippen molar-refractivity contribution in [1.82, 2.24) is 10.6 Å². The number of carbonyl (C=O) groups is 2. The van der Waals surface area contributed by atoms with Gasteiger partial charge in [0.15, 0.2) is 0 Å². The largest absolute Gasteiger partial charge is 0.481 e. The standard InChI is InChI=1S/C11H20N2O3/c1-2-8-12-11(16)13-9-6-4-3-5-7-10(14)15/h2H,1,3-9H2,(H,14,15)(H2,12,13,16). The molecular weight excluding hydrogens is 208 g/mol. The number of unbranched alkanes of at least 4 members (excludes halogenated alkanes) is 3. The summed E-state index contributed by atoms with van der Waals surface area (Å²) < 4.78 is 0. The fourth-order valence-corrected chi connectivity index (χ4v) is 1.18. The van der Waals surface area contributed by atoms with E-state index in [4.69, 9.17) is 5.11 Å². The molecule has 0 radical (unpaired) electrons. The molecule has 0 aliphatic heterocycles. The van der Waals surface area contributed by atoms with E-state index in [1.807, 2.05) is 0 Å². The lowest BCUT2D eigenvalue weighted by Gasteiger charge is -2.05. The summed E-state index contributed by atoms with van der Waals surface area (Å²) in [5.41, 5.74) is 0. The Morgan fingerprint density at radius 2 is 1.81 bits per heavy atom. The van der Waals surface area contributed by atoms with Crippen LogP contribution in [-0.2, 0) is 4.79 Å². The summed E-state index contributed by atoms with van der Waals surface area (Å²) in [6, 6.07) is -0.189. The molecule has 0 rings (SSSR count). The minimum Gasteiger partial charge on any atom is -0.481 e. The Kier molecular flexibility index (Phi) is 9.06. The number of aliphatic carboxylic acids is 1. The van der Waals surface area contributed by atoms with E-state index in [-0.39, 0.29) is 12.5 Å². The molecule has 5 nitrogen and oxygen atoms in total. The van der Waals surface area contributed by atoms with Gasteiger partial charge in [-0.1, -0.05) is 18.9 Å². The maximum Gasteiger partial charge on any atom is 0.315 e. The number of rotatable bonds is 9. The fraction of sp³-hybridized carbons (Fsp3) is 0.636. The average Bonchev–Trinajstić information content (AvgIpc) is 2.24. The third-order valence-corrected chi connectivity index (χ3v) is 2.01. The molecule has 3 N–H and O–H groups in total. The molecular formula is C11H20N2O3. The Hall–Kier alpha value is -1.52. The first-order valence-electron chi connectivity index (χ1n) is 5.51. The van der Waals surface area contributed by atoms with Gasteiger partial charge in [0.2, 0.25) is 0 Å². The second kappa shape index (κ2) is 10.0. The molecule has 0 aromatic carbocycles. The van der Waals surface area contributed by atoms with E-state index in [0.29, 0.717) is 19.5 Å². The molecule has 0 aromatic rings. The second-order valence-electron chi connectivity index (χ2n) is 3.48. The lowest BCUT2D eigenvalue weighted by Crippen LogP contribution is -2.35. The van der Waals surface area contributed by atoms with Crippen molar-refractivity contribution in [2.45, 2.75) is 32.1 Å². The van der Waals surface area contributed by atoms with E-state index in [1.54, 1.807) is 6.08 Å². The van der Waals surface area contributed by atoms with Crippen LogP contribution in [0.15, 0.2) is 12.7 Å². The van der Waals surface area contributed by atoms with Crippen LogP contribution in [0.4, 0.5) is 4.79 Å². The molecule has 0 spiro atoms. The lowest BCUT2D eigenvalue weighted by atomic mass is 10.1. The number of carboxylic acids is 1. The summed E-state index contributed by atoms with van der Waals surface area (Å²) in [6.45, 7) is 4.57. The maximum absolute atomic E-state index is 11.0. The van der Waals surface area contributed by atoms with E-state index in [2.05, 4.69) is 17.2 Å². The van der Waals surface area contributed by atoms with Gasteiger partial charge in [0.25, 0.3) is 0 Å². The molecule has 92 valence electrons. The Bertz CT molecular complexity index is 229. The zero-order valence-corrected chi connectivity index (χ0v) is 9.50. The highest BCUT2D eigenvalue weighted by atomic mass is 16.4. The van der Waals surface area contributed by atoms with E-state index < -0.39 is 5.97 Å². The quantitative estimate of drug-likeness (QED) is 0.413. The van der Waals surface area contributed by atoms with Crippen molar-refractivity contribution >= 4 is 12.0 Å². The van der Waals surface area contributed by atoms with Gasteiger partial charge in [-0.3, -0.25) is 4.79 Å². The van der Waals surface area contributed by atoms with Gasteiger partial charge in [0, 0.05) is 19.5 Å². The Labute approximate surface area is 95.9 Å². The van der Waals surface area contributed by atoms with Crippen LogP contribution in [0.25, 0.3) is 0 Å². The van der Waals surface area contributed by atoms with Crippen molar-refractivity contribution in [3.05, 3.63) is 12.7 Å². The van der Waals surface area contributed by atoms with Gasteiger partial charge in [0.1, 0.15) is 0 Å². The van der Waals surface area contributed by atoms with Crippen molar-refractivity contribution in [3.63, 3.8) is 0 Å². The molecule has 0 atom stereocenters. The predicted molar refractivity (Wildman–Crippen MR) is 62.3 cm³/mol. The molecule has 0 aliphatic rings. The van der Waals surface area contributed by atoms with E-state index in [9.17, 15) is 9.59 Å². The number of carbonyl (C=O) groups excluding carboxylic acids is 1. The highest BCUT2D eigenvalue weighted by Gasteiger charge is 1.98. The third-order valence-electron chi connectivity index (χ3n) is 2.01. The summed E-state index contributed by atoms with van der Waals surface area (Å²) in [4.78, 5) is 21.2. The number of nitrogens with one attached hydrogen (secondary N) is 2. The van der Waals surface area contributed by atoms with Crippen molar-refractivity contribution < 1.29 is 14.7 Å². The van der Waals surface area contributed by atoms with Crippen LogP contribution in [0.3, 0.4) is 0 Å². The Morgan fingerprint density at radius 3 is 2.44 bits per heavy atom. The van der Waals surface area contributed by atoms with Gasteiger partial charge >= 0.3 is 12.0 Å². The number of hydrogen-bond donors (Lipinski definition) is 3. The monoisotopic (exact) mass is 228 g/mol. The Balaban J connectivity index is 3.17. The Morgan fingerprint density at radius 1 is 1.12 bits per heavy atom. The molecule has 0 saturated heterocycles. The van der Waals surface area contributed by atoms with Crippen LogP contribution in [0.1, 0.15) is 32.1 Å². The first-order chi connectivity index (χ1) is 7.66. The average molecular weight is 228 g/mol. The maximum atomic E-state index is 11.0. The summed E-state index contributed by atoms with van der Waals surface area (Å²) in [5, 5.41) is 13.7. The van der Waals surface area contributed by atoms with Crippen LogP contribution in [0.5, 0.6) is 0 Å². The first kappa shape index (κ1) is 14.5. The smallest absolute Gasteiger partial charge is 0.315 e. The molecule has 0 aromatic heterocycles. The van der Waals surface area contributed by atoms with Crippen molar-refractivity contribution in [3.8, 4) is 0 Å². The lowest BCUT2D eigenvalue weighted by molar-refractivity contribution is -0.137. The molecule has 16 heavy (non-hydrogen) atoms. The van der Waals surface area contributed by atoms with Gasteiger partial charge in [0.05, 0.1) is 0 Å². The van der Waals surface area contributed by atoms with Crippen molar-refractivity contribution in [1.29, 1.82) is 0 Å². The second-order valence-corrected chi connectivity index (χ2v) is 3.48. The van der Waals surface area contributed by atoms with Gasteiger partial charge in [-0.2, -0.15) is 0 Å². The van der Waals surface area contributed by atoms with Crippen LogP contribution in [0.2, 0.25) is 0 Å².